The van der Waals surface area contributed by atoms with Crippen molar-refractivity contribution in [3.05, 3.63) is 28.8 Å². The molecule has 0 spiro atoms. The van der Waals surface area contributed by atoms with Crippen LogP contribution in [0.15, 0.2) is 23.1 Å². The molecule has 0 saturated carbocycles. The summed E-state index contributed by atoms with van der Waals surface area (Å²) in [6, 6.07) is 4.00. The zero-order valence-electron chi connectivity index (χ0n) is 15.4. The molecule has 9 nitrogen and oxygen atoms in total. The van der Waals surface area contributed by atoms with Crippen molar-refractivity contribution in [3.8, 4) is 0 Å². The Morgan fingerprint density at radius 3 is 2.30 bits per heavy atom. The first kappa shape index (κ1) is 17.3. The second-order valence-corrected chi connectivity index (χ2v) is 6.62. The fourth-order valence-electron chi connectivity index (χ4n) is 3.83. The molecular formula is C18H22N6O3. The summed E-state index contributed by atoms with van der Waals surface area (Å²) in [6.07, 6.45) is 0.813. The number of amides is 1. The van der Waals surface area contributed by atoms with Gasteiger partial charge in [-0.1, -0.05) is 0 Å². The number of imidazole rings is 1. The van der Waals surface area contributed by atoms with Crippen molar-refractivity contribution in [2.45, 2.75) is 26.9 Å². The van der Waals surface area contributed by atoms with E-state index in [1.54, 1.807) is 15.3 Å². The van der Waals surface area contributed by atoms with E-state index >= 15 is 0 Å². The highest BCUT2D eigenvalue weighted by atomic mass is 16.4. The van der Waals surface area contributed by atoms with Gasteiger partial charge in [-0.2, -0.15) is 5.10 Å². The molecule has 3 aromatic rings. The Balaban J connectivity index is 1.85. The number of anilines is 1. The third-order valence-electron chi connectivity index (χ3n) is 5.26. The fraction of sp³-hybridized carbons (Fsp3) is 0.444. The summed E-state index contributed by atoms with van der Waals surface area (Å²) in [7, 11) is 0. The van der Waals surface area contributed by atoms with E-state index in [1.165, 1.54) is 4.90 Å². The summed E-state index contributed by atoms with van der Waals surface area (Å²) in [5, 5.41) is 19.5. The number of hydrogen-bond donors (Lipinski definition) is 1. The van der Waals surface area contributed by atoms with E-state index in [-0.39, 0.29) is 5.69 Å². The van der Waals surface area contributed by atoms with Crippen LogP contribution in [-0.4, -0.2) is 61.6 Å². The van der Waals surface area contributed by atoms with Crippen LogP contribution in [0.5, 0.6) is 0 Å². The lowest BCUT2D eigenvalue weighted by Crippen LogP contribution is -2.48. The first-order valence-electron chi connectivity index (χ1n) is 9.16. The zero-order valence-corrected chi connectivity index (χ0v) is 15.4. The molecule has 1 aliphatic heterocycles. The lowest BCUT2D eigenvalue weighted by Gasteiger charge is -2.34. The maximum absolute atomic E-state index is 12.6. The monoisotopic (exact) mass is 370 g/mol. The van der Waals surface area contributed by atoms with E-state index in [2.05, 4.69) is 15.1 Å². The van der Waals surface area contributed by atoms with Crippen LogP contribution in [0.2, 0.25) is 0 Å². The van der Waals surface area contributed by atoms with E-state index in [9.17, 15) is 9.59 Å². The van der Waals surface area contributed by atoms with E-state index < -0.39 is 6.09 Å². The van der Waals surface area contributed by atoms with Gasteiger partial charge in [0.25, 0.3) is 0 Å². The number of aromatic nitrogens is 4. The van der Waals surface area contributed by atoms with Crippen LogP contribution in [0.4, 0.5) is 10.6 Å². The Hall–Kier alpha value is -3.10. The van der Waals surface area contributed by atoms with Gasteiger partial charge in [-0.25, -0.2) is 9.59 Å². The molecule has 0 radical (unpaired) electrons. The van der Waals surface area contributed by atoms with Crippen molar-refractivity contribution in [1.82, 2.24) is 24.2 Å². The van der Waals surface area contributed by atoms with Crippen LogP contribution >= 0.6 is 0 Å². The Kier molecular flexibility index (Phi) is 4.21. The van der Waals surface area contributed by atoms with Gasteiger partial charge in [-0.05, 0) is 26.0 Å². The summed E-state index contributed by atoms with van der Waals surface area (Å²) in [5.41, 5.74) is 1.77. The highest BCUT2D eigenvalue weighted by Gasteiger charge is 2.23. The van der Waals surface area contributed by atoms with Gasteiger partial charge in [-0.15, -0.1) is 5.10 Å². The van der Waals surface area contributed by atoms with Gasteiger partial charge in [0, 0.05) is 50.0 Å². The summed E-state index contributed by atoms with van der Waals surface area (Å²) in [6.45, 7) is 7.12. The Morgan fingerprint density at radius 2 is 1.70 bits per heavy atom. The van der Waals surface area contributed by atoms with Crippen molar-refractivity contribution in [1.29, 1.82) is 0 Å². The predicted octanol–water partition coefficient (Wildman–Crippen LogP) is 1.59. The van der Waals surface area contributed by atoms with Crippen LogP contribution < -0.4 is 10.6 Å². The second-order valence-electron chi connectivity index (χ2n) is 6.62. The average molecular weight is 370 g/mol. The quantitative estimate of drug-likeness (QED) is 0.752. The average Bonchev–Trinajstić information content (AvgIpc) is 2.95. The number of nitrogens with zero attached hydrogens (tertiary/aromatic N) is 6. The minimum Gasteiger partial charge on any atom is -0.465 e. The molecule has 1 N–H and O–H groups in total. The van der Waals surface area contributed by atoms with Gasteiger partial charge < -0.3 is 14.9 Å². The maximum atomic E-state index is 12.6. The fourth-order valence-corrected chi connectivity index (χ4v) is 3.83. The largest absolute Gasteiger partial charge is 0.465 e. The molecule has 4 rings (SSSR count). The molecule has 1 amide bonds. The molecule has 1 saturated heterocycles. The molecular weight excluding hydrogens is 348 g/mol. The lowest BCUT2D eigenvalue weighted by molar-refractivity contribution is 0.142. The van der Waals surface area contributed by atoms with Crippen LogP contribution in [0.3, 0.4) is 0 Å². The summed E-state index contributed by atoms with van der Waals surface area (Å²) >= 11 is 0. The Labute approximate surface area is 155 Å². The molecule has 142 valence electrons. The number of carboxylic acid groups (broad SMARTS) is 1. The number of fused-ring (bicyclic) bond motifs is 2. The molecule has 27 heavy (non-hydrogen) atoms. The van der Waals surface area contributed by atoms with Crippen LogP contribution in [0.1, 0.15) is 13.8 Å². The summed E-state index contributed by atoms with van der Waals surface area (Å²) < 4.78 is 3.54. The molecule has 0 aliphatic carbocycles. The van der Waals surface area contributed by atoms with Crippen molar-refractivity contribution in [3.63, 3.8) is 0 Å². The summed E-state index contributed by atoms with van der Waals surface area (Å²) in [5.74, 6) is 0.735. The number of hydrogen-bond acceptors (Lipinski definition) is 5. The van der Waals surface area contributed by atoms with Gasteiger partial charge in [0.05, 0.1) is 17.2 Å². The molecule has 1 aliphatic rings. The Bertz CT molecular complexity index is 1080. The molecule has 3 heterocycles. The molecule has 2 aromatic heterocycles. The van der Waals surface area contributed by atoms with Crippen molar-refractivity contribution >= 4 is 33.7 Å². The predicted molar refractivity (Wildman–Crippen MR) is 102 cm³/mol. The van der Waals surface area contributed by atoms with Crippen molar-refractivity contribution in [2.24, 2.45) is 0 Å². The van der Waals surface area contributed by atoms with E-state index in [1.807, 2.05) is 26.0 Å². The number of piperazine rings is 1. The van der Waals surface area contributed by atoms with Gasteiger partial charge >= 0.3 is 11.8 Å². The number of carbonyl (C=O) groups is 1. The molecule has 0 atom stereocenters. The molecule has 9 heteroatoms. The Morgan fingerprint density at radius 1 is 1.07 bits per heavy atom. The first-order valence-corrected chi connectivity index (χ1v) is 9.16. The first-order chi connectivity index (χ1) is 13.0. The highest BCUT2D eigenvalue weighted by Crippen LogP contribution is 2.29. The highest BCUT2D eigenvalue weighted by molar-refractivity contribution is 6.00. The van der Waals surface area contributed by atoms with Crippen LogP contribution in [-0.2, 0) is 13.1 Å². The SMILES string of the molecule is CCn1c(=O)n(CC)c2cc3c(N4CCN(C(=O)O)CC4)nncc3cc21. The minimum absolute atomic E-state index is 0.0113. The standard InChI is InChI=1S/C18H22N6O3/c1-3-23-14-9-12-11-19-20-16(21-5-7-22(8-6-21)18(26)27)13(12)10-15(14)24(4-2)17(23)25/h9-11H,3-8H2,1-2H3,(H,26,27). The number of rotatable bonds is 3. The number of aryl methyl sites for hydroxylation is 2. The zero-order chi connectivity index (χ0) is 19.1. The third kappa shape index (κ3) is 2.70. The third-order valence-corrected chi connectivity index (χ3v) is 5.26. The van der Waals surface area contributed by atoms with Gasteiger partial charge in [0.1, 0.15) is 0 Å². The molecule has 0 bridgehead atoms. The second kappa shape index (κ2) is 6.57. The number of benzene rings is 1. The topological polar surface area (TPSA) is 96.5 Å². The molecule has 1 aromatic carbocycles. The van der Waals surface area contributed by atoms with Crippen molar-refractivity contribution < 1.29 is 9.90 Å². The van der Waals surface area contributed by atoms with Gasteiger partial charge in [0.15, 0.2) is 5.82 Å². The van der Waals surface area contributed by atoms with Crippen molar-refractivity contribution in [2.75, 3.05) is 31.1 Å². The van der Waals surface area contributed by atoms with E-state index in [0.29, 0.717) is 39.3 Å². The van der Waals surface area contributed by atoms with Gasteiger partial charge in [0.2, 0.25) is 0 Å². The van der Waals surface area contributed by atoms with E-state index in [0.717, 1.165) is 27.6 Å². The minimum atomic E-state index is -0.895. The molecule has 0 unspecified atom stereocenters. The summed E-state index contributed by atoms with van der Waals surface area (Å²) in [4.78, 5) is 27.2. The lowest BCUT2D eigenvalue weighted by atomic mass is 10.1. The molecule has 1 fully saturated rings. The smallest absolute Gasteiger partial charge is 0.407 e. The maximum Gasteiger partial charge on any atom is 0.407 e. The van der Waals surface area contributed by atoms with Crippen LogP contribution in [0.25, 0.3) is 21.8 Å². The van der Waals surface area contributed by atoms with E-state index in [4.69, 9.17) is 5.11 Å². The van der Waals surface area contributed by atoms with Crippen LogP contribution in [0, 0.1) is 0 Å². The normalized spacial score (nSPS) is 15.0. The van der Waals surface area contributed by atoms with Gasteiger partial charge in [-0.3, -0.25) is 9.13 Å².